The second kappa shape index (κ2) is 5.27. The molecule has 1 saturated carbocycles. The lowest BCUT2D eigenvalue weighted by Crippen LogP contribution is -2.55. The Morgan fingerprint density at radius 2 is 1.94 bits per heavy atom. The fourth-order valence-corrected chi connectivity index (χ4v) is 4.01. The first kappa shape index (κ1) is 13.4. The van der Waals surface area contributed by atoms with Gasteiger partial charge in [0.1, 0.15) is 0 Å². The zero-order chi connectivity index (χ0) is 12.5. The van der Waals surface area contributed by atoms with Crippen LogP contribution in [0, 0.1) is 5.41 Å². The molecule has 0 amide bonds. The number of nitrogens with one attached hydrogen (secondary N) is 1. The van der Waals surface area contributed by atoms with Crippen LogP contribution in [0.5, 0.6) is 0 Å². The van der Waals surface area contributed by atoms with Crippen molar-refractivity contribution in [2.75, 3.05) is 13.6 Å². The number of likely N-dealkylation sites (tertiary alicyclic amines) is 1. The summed E-state index contributed by atoms with van der Waals surface area (Å²) in [5.41, 5.74) is 0.527. The Morgan fingerprint density at radius 3 is 2.53 bits per heavy atom. The number of piperidine rings is 1. The van der Waals surface area contributed by atoms with Gasteiger partial charge in [0.2, 0.25) is 0 Å². The third-order valence-corrected chi connectivity index (χ3v) is 5.19. The number of hydrogen-bond donors (Lipinski definition) is 1. The average molecular weight is 238 g/mol. The summed E-state index contributed by atoms with van der Waals surface area (Å²) in [6.45, 7) is 8.68. The minimum absolute atomic E-state index is 0.527. The van der Waals surface area contributed by atoms with Crippen molar-refractivity contribution >= 4 is 0 Å². The van der Waals surface area contributed by atoms with Crippen molar-refractivity contribution in [2.24, 2.45) is 5.41 Å². The van der Waals surface area contributed by atoms with Gasteiger partial charge in [0.15, 0.2) is 0 Å². The Kier molecular flexibility index (Phi) is 4.14. The molecule has 2 nitrogen and oxygen atoms in total. The number of hydrogen-bond acceptors (Lipinski definition) is 2. The summed E-state index contributed by atoms with van der Waals surface area (Å²) in [7, 11) is 2.11. The minimum Gasteiger partial charge on any atom is -0.317 e. The molecule has 1 saturated heterocycles. The van der Waals surface area contributed by atoms with Gasteiger partial charge < -0.3 is 5.32 Å². The second-order valence-electron chi connectivity index (χ2n) is 6.85. The Bertz CT molecular complexity index is 249. The van der Waals surface area contributed by atoms with Gasteiger partial charge in [0, 0.05) is 24.7 Å². The molecule has 1 heterocycles. The SMILES string of the molecule is CNC1CCN(C2CCCCC2(C)C)C(C)C1. The first-order chi connectivity index (χ1) is 8.04. The van der Waals surface area contributed by atoms with Crippen LogP contribution in [0.4, 0.5) is 0 Å². The molecule has 3 atom stereocenters. The predicted octanol–water partition coefficient (Wildman–Crippen LogP) is 3.03. The third kappa shape index (κ3) is 2.85. The van der Waals surface area contributed by atoms with Gasteiger partial charge in [0.25, 0.3) is 0 Å². The molecule has 0 spiro atoms. The molecule has 0 radical (unpaired) electrons. The van der Waals surface area contributed by atoms with E-state index in [0.717, 1.165) is 18.1 Å². The van der Waals surface area contributed by atoms with Crippen LogP contribution < -0.4 is 5.32 Å². The molecule has 2 heteroatoms. The first-order valence-electron chi connectivity index (χ1n) is 7.47. The molecule has 2 fully saturated rings. The minimum atomic E-state index is 0.527. The van der Waals surface area contributed by atoms with Crippen LogP contribution in [0.25, 0.3) is 0 Å². The van der Waals surface area contributed by atoms with Gasteiger partial charge in [-0.2, -0.15) is 0 Å². The first-order valence-corrected chi connectivity index (χ1v) is 7.47. The van der Waals surface area contributed by atoms with E-state index in [1.54, 1.807) is 0 Å². The summed E-state index contributed by atoms with van der Waals surface area (Å²) in [6, 6.07) is 2.32. The van der Waals surface area contributed by atoms with E-state index in [4.69, 9.17) is 0 Å². The van der Waals surface area contributed by atoms with Crippen LogP contribution in [-0.4, -0.2) is 36.6 Å². The van der Waals surface area contributed by atoms with Gasteiger partial charge in [-0.3, -0.25) is 4.90 Å². The fourth-order valence-electron chi connectivity index (χ4n) is 4.01. The highest BCUT2D eigenvalue weighted by Gasteiger charge is 2.39. The molecule has 1 N–H and O–H groups in total. The predicted molar refractivity (Wildman–Crippen MR) is 74.3 cm³/mol. The number of rotatable bonds is 2. The summed E-state index contributed by atoms with van der Waals surface area (Å²) in [5, 5.41) is 3.45. The van der Waals surface area contributed by atoms with Crippen LogP contribution in [0.1, 0.15) is 59.3 Å². The topological polar surface area (TPSA) is 15.3 Å². The average Bonchev–Trinajstić information content (AvgIpc) is 2.29. The number of nitrogens with zero attached hydrogens (tertiary/aromatic N) is 1. The van der Waals surface area contributed by atoms with E-state index in [-0.39, 0.29) is 0 Å². The highest BCUT2D eigenvalue weighted by molar-refractivity contribution is 4.94. The van der Waals surface area contributed by atoms with Crippen LogP contribution in [0.15, 0.2) is 0 Å². The molecule has 100 valence electrons. The normalized spacial score (nSPS) is 39.2. The van der Waals surface area contributed by atoms with Crippen LogP contribution in [0.2, 0.25) is 0 Å². The van der Waals surface area contributed by atoms with Crippen molar-refractivity contribution in [3.8, 4) is 0 Å². The van der Waals surface area contributed by atoms with Gasteiger partial charge in [-0.25, -0.2) is 0 Å². The molecule has 0 aromatic heterocycles. The summed E-state index contributed by atoms with van der Waals surface area (Å²) < 4.78 is 0. The zero-order valence-corrected chi connectivity index (χ0v) is 12.1. The molecule has 1 aliphatic carbocycles. The summed E-state index contributed by atoms with van der Waals surface area (Å²) in [4.78, 5) is 2.81. The van der Waals surface area contributed by atoms with Crippen molar-refractivity contribution in [1.82, 2.24) is 10.2 Å². The molecular weight excluding hydrogens is 208 g/mol. The maximum atomic E-state index is 3.45. The Hall–Kier alpha value is -0.0800. The van der Waals surface area contributed by atoms with Gasteiger partial charge in [-0.1, -0.05) is 26.7 Å². The van der Waals surface area contributed by atoms with E-state index in [1.165, 1.54) is 45.1 Å². The highest BCUT2D eigenvalue weighted by Crippen LogP contribution is 2.40. The molecule has 0 aromatic carbocycles. The summed E-state index contributed by atoms with van der Waals surface area (Å²) >= 11 is 0. The smallest absolute Gasteiger partial charge is 0.0149 e. The Balaban J connectivity index is 2.01. The molecular formula is C15H30N2. The van der Waals surface area contributed by atoms with Crippen molar-refractivity contribution in [3.63, 3.8) is 0 Å². The maximum Gasteiger partial charge on any atom is 0.0149 e. The van der Waals surface area contributed by atoms with Gasteiger partial charge in [-0.05, 0) is 45.1 Å². The molecule has 17 heavy (non-hydrogen) atoms. The maximum absolute atomic E-state index is 3.45. The van der Waals surface area contributed by atoms with Gasteiger partial charge >= 0.3 is 0 Å². The van der Waals surface area contributed by atoms with Crippen molar-refractivity contribution < 1.29 is 0 Å². The summed E-state index contributed by atoms with van der Waals surface area (Å²) in [5.74, 6) is 0. The van der Waals surface area contributed by atoms with Crippen molar-refractivity contribution in [3.05, 3.63) is 0 Å². The van der Waals surface area contributed by atoms with E-state index in [1.807, 2.05) is 0 Å². The lowest BCUT2D eigenvalue weighted by molar-refractivity contribution is -0.000357. The van der Waals surface area contributed by atoms with Gasteiger partial charge in [0.05, 0.1) is 0 Å². The second-order valence-corrected chi connectivity index (χ2v) is 6.85. The molecule has 0 bridgehead atoms. The van der Waals surface area contributed by atoms with Crippen molar-refractivity contribution in [1.29, 1.82) is 0 Å². The lowest BCUT2D eigenvalue weighted by atomic mass is 9.71. The van der Waals surface area contributed by atoms with E-state index >= 15 is 0 Å². The monoisotopic (exact) mass is 238 g/mol. The summed E-state index contributed by atoms with van der Waals surface area (Å²) in [6.07, 6.45) is 8.35. The molecule has 2 rings (SSSR count). The Morgan fingerprint density at radius 1 is 1.18 bits per heavy atom. The zero-order valence-electron chi connectivity index (χ0n) is 12.1. The van der Waals surface area contributed by atoms with Gasteiger partial charge in [-0.15, -0.1) is 0 Å². The molecule has 0 aromatic rings. The highest BCUT2D eigenvalue weighted by atomic mass is 15.2. The standard InChI is InChI=1S/C15H30N2/c1-12-11-13(16-4)8-10-17(12)14-7-5-6-9-15(14,2)3/h12-14,16H,5-11H2,1-4H3. The van der Waals surface area contributed by atoms with E-state index < -0.39 is 0 Å². The van der Waals surface area contributed by atoms with Crippen molar-refractivity contribution in [2.45, 2.75) is 77.4 Å². The van der Waals surface area contributed by atoms with E-state index in [9.17, 15) is 0 Å². The molecule has 1 aliphatic heterocycles. The van der Waals surface area contributed by atoms with E-state index in [2.05, 4.69) is 38.0 Å². The quantitative estimate of drug-likeness (QED) is 0.795. The molecule has 3 unspecified atom stereocenters. The Labute approximate surface area is 107 Å². The lowest BCUT2D eigenvalue weighted by Gasteiger charge is -2.50. The van der Waals surface area contributed by atoms with E-state index in [0.29, 0.717) is 5.41 Å². The van der Waals surface area contributed by atoms with Crippen LogP contribution in [-0.2, 0) is 0 Å². The largest absolute Gasteiger partial charge is 0.317 e. The molecule has 2 aliphatic rings. The fraction of sp³-hybridized carbons (Fsp3) is 1.00. The van der Waals surface area contributed by atoms with Crippen LogP contribution >= 0.6 is 0 Å². The van der Waals surface area contributed by atoms with Crippen LogP contribution in [0.3, 0.4) is 0 Å². The third-order valence-electron chi connectivity index (χ3n) is 5.19.